The van der Waals surface area contributed by atoms with Crippen LogP contribution in [0.5, 0.6) is 5.75 Å². The molecule has 0 atom stereocenters. The molecule has 0 aliphatic carbocycles. The van der Waals surface area contributed by atoms with Crippen LogP contribution in [0.25, 0.3) is 6.08 Å². The van der Waals surface area contributed by atoms with Crippen molar-refractivity contribution in [3.05, 3.63) is 35.4 Å². The molecule has 0 radical (unpaired) electrons. The molecule has 0 fully saturated rings. The molecule has 3 nitrogen and oxygen atoms in total. The molecule has 1 N–H and O–H groups in total. The maximum Gasteiger partial charge on any atom is 0.150 e. The second-order valence-corrected chi connectivity index (χ2v) is 2.40. The second kappa shape index (κ2) is 4.07. The lowest BCUT2D eigenvalue weighted by atomic mass is 10.1. The third-order valence-electron chi connectivity index (χ3n) is 1.53. The van der Waals surface area contributed by atoms with Crippen molar-refractivity contribution < 1.29 is 9.90 Å². The first-order valence-electron chi connectivity index (χ1n) is 3.62. The van der Waals surface area contributed by atoms with Crippen LogP contribution >= 0.6 is 0 Å². The zero-order chi connectivity index (χ0) is 9.68. The summed E-state index contributed by atoms with van der Waals surface area (Å²) in [6.07, 6.45) is 3.37. The van der Waals surface area contributed by atoms with Gasteiger partial charge in [0.05, 0.1) is 6.07 Å². The fourth-order valence-electron chi connectivity index (χ4n) is 0.907. The molecule has 0 saturated carbocycles. The van der Waals surface area contributed by atoms with Gasteiger partial charge in [0.2, 0.25) is 0 Å². The SMILES string of the molecule is N#CC=Cc1cc(C=O)ccc1O. The van der Waals surface area contributed by atoms with E-state index in [-0.39, 0.29) is 5.75 Å². The molecule has 1 aromatic carbocycles. The summed E-state index contributed by atoms with van der Waals surface area (Å²) in [6, 6.07) is 6.23. The number of nitrogens with zero attached hydrogens (tertiary/aromatic N) is 1. The van der Waals surface area contributed by atoms with E-state index in [1.54, 1.807) is 6.07 Å². The Morgan fingerprint density at radius 1 is 1.46 bits per heavy atom. The van der Waals surface area contributed by atoms with E-state index in [0.717, 1.165) is 0 Å². The molecule has 13 heavy (non-hydrogen) atoms. The van der Waals surface area contributed by atoms with Gasteiger partial charge >= 0.3 is 0 Å². The minimum atomic E-state index is 0.0529. The number of hydrogen-bond donors (Lipinski definition) is 1. The molecule has 64 valence electrons. The molecule has 0 saturated heterocycles. The van der Waals surface area contributed by atoms with Crippen LogP contribution in [-0.4, -0.2) is 11.4 Å². The molecule has 0 aromatic heterocycles. The van der Waals surface area contributed by atoms with Crippen LogP contribution in [-0.2, 0) is 0 Å². The van der Waals surface area contributed by atoms with Crippen molar-refractivity contribution in [1.82, 2.24) is 0 Å². The number of aldehydes is 1. The number of benzene rings is 1. The number of hydrogen-bond acceptors (Lipinski definition) is 3. The predicted octanol–water partition coefficient (Wildman–Crippen LogP) is 1.74. The van der Waals surface area contributed by atoms with Gasteiger partial charge in [-0.15, -0.1) is 0 Å². The Morgan fingerprint density at radius 3 is 2.85 bits per heavy atom. The summed E-state index contributed by atoms with van der Waals surface area (Å²) in [7, 11) is 0. The monoisotopic (exact) mass is 173 g/mol. The molecule has 0 bridgehead atoms. The highest BCUT2D eigenvalue weighted by Gasteiger charge is 1.97. The van der Waals surface area contributed by atoms with Crippen LogP contribution in [0.15, 0.2) is 24.3 Å². The Bertz CT molecular complexity index is 388. The average Bonchev–Trinajstić information content (AvgIpc) is 2.17. The molecule has 0 heterocycles. The van der Waals surface area contributed by atoms with E-state index in [4.69, 9.17) is 5.26 Å². The summed E-state index contributed by atoms with van der Waals surface area (Å²) < 4.78 is 0. The van der Waals surface area contributed by atoms with Gasteiger partial charge in [-0.05, 0) is 24.3 Å². The molecule has 1 aromatic rings. The van der Waals surface area contributed by atoms with Gasteiger partial charge in [0.25, 0.3) is 0 Å². The minimum absolute atomic E-state index is 0.0529. The van der Waals surface area contributed by atoms with Gasteiger partial charge in [0.1, 0.15) is 12.0 Å². The van der Waals surface area contributed by atoms with Crippen molar-refractivity contribution in [1.29, 1.82) is 5.26 Å². The molecule has 0 amide bonds. The quantitative estimate of drug-likeness (QED) is 0.547. The summed E-state index contributed by atoms with van der Waals surface area (Å²) in [5.74, 6) is 0.0529. The van der Waals surface area contributed by atoms with Gasteiger partial charge in [0.15, 0.2) is 0 Å². The minimum Gasteiger partial charge on any atom is -0.507 e. The van der Waals surface area contributed by atoms with E-state index in [2.05, 4.69) is 0 Å². The molecule has 0 spiro atoms. The molecule has 0 aliphatic heterocycles. The topological polar surface area (TPSA) is 61.1 Å². The van der Waals surface area contributed by atoms with E-state index >= 15 is 0 Å². The summed E-state index contributed by atoms with van der Waals surface area (Å²) in [5.41, 5.74) is 0.932. The average molecular weight is 173 g/mol. The molecule has 3 heteroatoms. The number of carbonyl (C=O) groups is 1. The zero-order valence-corrected chi connectivity index (χ0v) is 6.77. The van der Waals surface area contributed by atoms with Crippen LogP contribution < -0.4 is 0 Å². The van der Waals surface area contributed by atoms with Gasteiger partial charge in [-0.25, -0.2) is 0 Å². The van der Waals surface area contributed by atoms with Crippen molar-refractivity contribution >= 4 is 12.4 Å². The summed E-state index contributed by atoms with van der Waals surface area (Å²) in [4.78, 5) is 10.4. The lowest BCUT2D eigenvalue weighted by molar-refractivity contribution is 0.112. The van der Waals surface area contributed by atoms with Crippen LogP contribution in [0.1, 0.15) is 15.9 Å². The van der Waals surface area contributed by atoms with Gasteiger partial charge in [-0.2, -0.15) is 5.26 Å². The number of carbonyl (C=O) groups excluding carboxylic acids is 1. The fraction of sp³-hybridized carbons (Fsp3) is 0. The number of rotatable bonds is 2. The number of phenolic OH excluding ortho intramolecular Hbond substituents is 1. The first-order valence-corrected chi connectivity index (χ1v) is 3.62. The zero-order valence-electron chi connectivity index (χ0n) is 6.77. The molecular formula is C10H7NO2. The van der Waals surface area contributed by atoms with E-state index in [1.165, 1.54) is 30.4 Å². The van der Waals surface area contributed by atoms with Gasteiger partial charge in [-0.1, -0.05) is 0 Å². The maximum absolute atomic E-state index is 10.4. The summed E-state index contributed by atoms with van der Waals surface area (Å²) in [6.45, 7) is 0. The Kier molecular flexibility index (Phi) is 2.82. The number of allylic oxidation sites excluding steroid dienone is 1. The lowest BCUT2D eigenvalue weighted by Gasteiger charge is -1.98. The largest absolute Gasteiger partial charge is 0.507 e. The molecule has 0 unspecified atom stereocenters. The van der Waals surface area contributed by atoms with Crippen LogP contribution in [0.2, 0.25) is 0 Å². The van der Waals surface area contributed by atoms with Crippen molar-refractivity contribution in [3.63, 3.8) is 0 Å². The molecule has 0 aliphatic rings. The first kappa shape index (κ1) is 9.01. The third kappa shape index (κ3) is 2.17. The van der Waals surface area contributed by atoms with Crippen molar-refractivity contribution in [3.8, 4) is 11.8 Å². The fourth-order valence-corrected chi connectivity index (χ4v) is 0.907. The van der Waals surface area contributed by atoms with Crippen LogP contribution in [0.3, 0.4) is 0 Å². The second-order valence-electron chi connectivity index (χ2n) is 2.40. The Morgan fingerprint density at radius 2 is 2.23 bits per heavy atom. The van der Waals surface area contributed by atoms with E-state index in [0.29, 0.717) is 17.4 Å². The Hall–Kier alpha value is -2.08. The van der Waals surface area contributed by atoms with Crippen LogP contribution in [0, 0.1) is 11.3 Å². The molecular weight excluding hydrogens is 166 g/mol. The summed E-state index contributed by atoms with van der Waals surface area (Å²) in [5, 5.41) is 17.5. The summed E-state index contributed by atoms with van der Waals surface area (Å²) >= 11 is 0. The van der Waals surface area contributed by atoms with E-state index in [1.807, 2.05) is 0 Å². The number of phenols is 1. The first-order chi connectivity index (χ1) is 6.27. The predicted molar refractivity (Wildman–Crippen MR) is 48.1 cm³/mol. The number of aromatic hydroxyl groups is 1. The Labute approximate surface area is 75.5 Å². The third-order valence-corrected chi connectivity index (χ3v) is 1.53. The smallest absolute Gasteiger partial charge is 0.150 e. The lowest BCUT2D eigenvalue weighted by Crippen LogP contribution is -1.81. The number of nitriles is 1. The molecule has 1 rings (SSSR count). The van der Waals surface area contributed by atoms with E-state index < -0.39 is 0 Å². The van der Waals surface area contributed by atoms with Crippen molar-refractivity contribution in [2.75, 3.05) is 0 Å². The van der Waals surface area contributed by atoms with Crippen LogP contribution in [0.4, 0.5) is 0 Å². The highest BCUT2D eigenvalue weighted by molar-refractivity contribution is 5.77. The highest BCUT2D eigenvalue weighted by atomic mass is 16.3. The standard InChI is InChI=1S/C10H7NO2/c11-5-1-2-9-6-8(7-12)3-4-10(9)13/h1-4,6-7,13H. The van der Waals surface area contributed by atoms with Gasteiger partial charge in [0, 0.05) is 17.2 Å². The van der Waals surface area contributed by atoms with Crippen molar-refractivity contribution in [2.45, 2.75) is 0 Å². The maximum atomic E-state index is 10.4. The van der Waals surface area contributed by atoms with Gasteiger partial charge < -0.3 is 5.11 Å². The highest BCUT2D eigenvalue weighted by Crippen LogP contribution is 2.18. The van der Waals surface area contributed by atoms with Gasteiger partial charge in [-0.3, -0.25) is 4.79 Å². The van der Waals surface area contributed by atoms with Crippen molar-refractivity contribution in [2.24, 2.45) is 0 Å². The normalized spacial score (nSPS) is 9.77. The Balaban J connectivity index is 3.12. The van der Waals surface area contributed by atoms with E-state index in [9.17, 15) is 9.90 Å².